The SMILES string of the molecule is CC(C)(C)c1cc(CCc2cc(F)cc(F)c2-c2ccccc2NC(=O)O)cc(C(C)(C)C)c1O. The molecule has 0 heterocycles. The standard InChI is InChI=1S/C29H33F2NO3/c1-28(2,3)21-13-17(14-22(26(21)33)29(4,5)6)11-12-18-15-19(30)16-23(31)25(18)20-9-7-8-10-24(20)32-27(34)35/h7-10,13-16,32-33H,11-12H2,1-6H3,(H,34,35). The van der Waals surface area contributed by atoms with E-state index in [1.165, 1.54) is 6.07 Å². The number of amides is 1. The summed E-state index contributed by atoms with van der Waals surface area (Å²) in [6.07, 6.45) is -0.463. The van der Waals surface area contributed by atoms with Crippen LogP contribution in [0.4, 0.5) is 19.3 Å². The minimum atomic E-state index is -1.27. The number of benzene rings is 3. The van der Waals surface area contributed by atoms with Crippen LogP contribution in [0.3, 0.4) is 0 Å². The Morgan fingerprint density at radius 3 is 2.00 bits per heavy atom. The molecule has 0 saturated carbocycles. The van der Waals surface area contributed by atoms with Gasteiger partial charge >= 0.3 is 6.09 Å². The Labute approximate surface area is 205 Å². The zero-order valence-electron chi connectivity index (χ0n) is 21.1. The van der Waals surface area contributed by atoms with Gasteiger partial charge in [-0.2, -0.15) is 0 Å². The summed E-state index contributed by atoms with van der Waals surface area (Å²) in [6.45, 7) is 12.2. The molecule has 0 spiro atoms. The number of carbonyl (C=O) groups is 1. The molecule has 35 heavy (non-hydrogen) atoms. The molecule has 0 aliphatic rings. The van der Waals surface area contributed by atoms with Crippen molar-refractivity contribution in [1.82, 2.24) is 0 Å². The number of aromatic hydroxyl groups is 1. The average molecular weight is 482 g/mol. The number of hydrogen-bond donors (Lipinski definition) is 3. The van der Waals surface area contributed by atoms with E-state index in [1.807, 2.05) is 53.7 Å². The smallest absolute Gasteiger partial charge is 0.409 e. The van der Waals surface area contributed by atoms with Crippen molar-refractivity contribution in [3.63, 3.8) is 0 Å². The Hall–Kier alpha value is -3.41. The number of aryl methyl sites for hydroxylation is 2. The van der Waals surface area contributed by atoms with Crippen LogP contribution in [0, 0.1) is 11.6 Å². The first-order valence-electron chi connectivity index (χ1n) is 11.6. The van der Waals surface area contributed by atoms with Gasteiger partial charge in [-0.05, 0) is 58.1 Å². The summed E-state index contributed by atoms with van der Waals surface area (Å²) in [5.74, 6) is -1.17. The molecule has 0 aromatic heterocycles. The Bertz CT molecular complexity index is 1220. The zero-order valence-corrected chi connectivity index (χ0v) is 21.1. The Kier molecular flexibility index (Phi) is 7.25. The van der Waals surface area contributed by atoms with Crippen LogP contribution in [-0.4, -0.2) is 16.3 Å². The highest BCUT2D eigenvalue weighted by Crippen LogP contribution is 2.40. The molecule has 3 N–H and O–H groups in total. The molecule has 0 unspecified atom stereocenters. The van der Waals surface area contributed by atoms with E-state index in [4.69, 9.17) is 0 Å². The second-order valence-corrected chi connectivity index (χ2v) is 10.9. The van der Waals surface area contributed by atoms with Gasteiger partial charge in [0, 0.05) is 17.2 Å². The molecule has 186 valence electrons. The van der Waals surface area contributed by atoms with Crippen LogP contribution in [0.1, 0.15) is 63.8 Å². The Morgan fingerprint density at radius 1 is 0.886 bits per heavy atom. The lowest BCUT2D eigenvalue weighted by Crippen LogP contribution is -2.18. The molecule has 4 nitrogen and oxygen atoms in total. The molecule has 0 radical (unpaired) electrons. The summed E-state index contributed by atoms with van der Waals surface area (Å²) in [5.41, 5.74) is 3.18. The van der Waals surface area contributed by atoms with Gasteiger partial charge in [0.1, 0.15) is 17.4 Å². The minimum Gasteiger partial charge on any atom is -0.507 e. The fourth-order valence-corrected chi connectivity index (χ4v) is 4.31. The van der Waals surface area contributed by atoms with Crippen molar-refractivity contribution >= 4 is 11.8 Å². The van der Waals surface area contributed by atoms with E-state index in [1.54, 1.807) is 24.3 Å². The summed E-state index contributed by atoms with van der Waals surface area (Å²) in [7, 11) is 0. The summed E-state index contributed by atoms with van der Waals surface area (Å²) in [4.78, 5) is 11.3. The van der Waals surface area contributed by atoms with Crippen LogP contribution in [-0.2, 0) is 23.7 Å². The number of hydrogen-bond acceptors (Lipinski definition) is 2. The van der Waals surface area contributed by atoms with Crippen molar-refractivity contribution in [3.05, 3.63) is 82.4 Å². The second-order valence-electron chi connectivity index (χ2n) is 10.9. The summed E-state index contributed by atoms with van der Waals surface area (Å²) in [5, 5.41) is 22.5. The molecular weight excluding hydrogens is 448 g/mol. The van der Waals surface area contributed by atoms with Gasteiger partial charge in [0.05, 0.1) is 5.69 Å². The fourth-order valence-electron chi connectivity index (χ4n) is 4.31. The maximum absolute atomic E-state index is 15.1. The number of para-hydroxylation sites is 1. The topological polar surface area (TPSA) is 69.6 Å². The molecule has 0 bridgehead atoms. The normalized spacial score (nSPS) is 12.0. The van der Waals surface area contributed by atoms with Crippen molar-refractivity contribution < 1.29 is 23.8 Å². The Morgan fingerprint density at radius 2 is 1.46 bits per heavy atom. The van der Waals surface area contributed by atoms with E-state index in [0.717, 1.165) is 22.8 Å². The highest BCUT2D eigenvalue weighted by molar-refractivity contribution is 5.91. The largest absolute Gasteiger partial charge is 0.507 e. The molecule has 0 aliphatic heterocycles. The van der Waals surface area contributed by atoms with Crippen LogP contribution in [0.2, 0.25) is 0 Å². The van der Waals surface area contributed by atoms with Crippen molar-refractivity contribution in [1.29, 1.82) is 0 Å². The molecule has 0 saturated heterocycles. The first kappa shape index (κ1) is 26.2. The Balaban J connectivity index is 2.09. The third-order valence-electron chi connectivity index (χ3n) is 6.04. The van der Waals surface area contributed by atoms with E-state index >= 15 is 4.39 Å². The molecule has 3 aromatic rings. The fraction of sp³-hybridized carbons (Fsp3) is 0.345. The van der Waals surface area contributed by atoms with Crippen LogP contribution >= 0.6 is 0 Å². The number of phenols is 1. The molecule has 0 atom stereocenters. The highest BCUT2D eigenvalue weighted by atomic mass is 19.1. The van der Waals surface area contributed by atoms with Crippen LogP contribution in [0.15, 0.2) is 48.5 Å². The van der Waals surface area contributed by atoms with Crippen molar-refractivity contribution in [3.8, 4) is 16.9 Å². The van der Waals surface area contributed by atoms with Gasteiger partial charge in [0.25, 0.3) is 0 Å². The van der Waals surface area contributed by atoms with Gasteiger partial charge in [-0.25, -0.2) is 13.6 Å². The highest BCUT2D eigenvalue weighted by Gasteiger charge is 2.26. The van der Waals surface area contributed by atoms with Crippen molar-refractivity contribution in [2.24, 2.45) is 0 Å². The van der Waals surface area contributed by atoms with E-state index in [0.29, 0.717) is 24.0 Å². The van der Waals surface area contributed by atoms with Gasteiger partial charge < -0.3 is 10.2 Å². The lowest BCUT2D eigenvalue weighted by molar-refractivity contribution is 0.209. The number of rotatable bonds is 5. The molecular formula is C29H33F2NO3. The summed E-state index contributed by atoms with van der Waals surface area (Å²) >= 11 is 0. The summed E-state index contributed by atoms with van der Waals surface area (Å²) in [6, 6.07) is 12.5. The minimum absolute atomic E-state index is 0.168. The van der Waals surface area contributed by atoms with E-state index in [-0.39, 0.29) is 27.8 Å². The third kappa shape index (κ3) is 5.99. The van der Waals surface area contributed by atoms with E-state index in [9.17, 15) is 19.4 Å². The van der Waals surface area contributed by atoms with Crippen molar-refractivity contribution in [2.75, 3.05) is 5.32 Å². The predicted octanol–water partition coefficient (Wildman–Crippen LogP) is 7.81. The lowest BCUT2D eigenvalue weighted by Gasteiger charge is -2.28. The van der Waals surface area contributed by atoms with Crippen LogP contribution < -0.4 is 5.32 Å². The van der Waals surface area contributed by atoms with Gasteiger partial charge in [0.2, 0.25) is 0 Å². The van der Waals surface area contributed by atoms with Gasteiger partial charge in [-0.15, -0.1) is 0 Å². The third-order valence-corrected chi connectivity index (χ3v) is 6.04. The van der Waals surface area contributed by atoms with Gasteiger partial charge in [0.15, 0.2) is 0 Å². The quantitative estimate of drug-likeness (QED) is 0.348. The predicted molar refractivity (Wildman–Crippen MR) is 136 cm³/mol. The van der Waals surface area contributed by atoms with Crippen molar-refractivity contribution in [2.45, 2.75) is 65.2 Å². The van der Waals surface area contributed by atoms with Gasteiger partial charge in [-0.3, -0.25) is 5.32 Å². The number of nitrogens with one attached hydrogen (secondary N) is 1. The van der Waals surface area contributed by atoms with Crippen LogP contribution in [0.5, 0.6) is 5.75 Å². The zero-order chi connectivity index (χ0) is 26.1. The maximum atomic E-state index is 15.1. The number of carboxylic acid groups (broad SMARTS) is 1. The molecule has 0 fully saturated rings. The first-order chi connectivity index (χ1) is 16.2. The molecule has 1 amide bonds. The van der Waals surface area contributed by atoms with E-state index in [2.05, 4.69) is 5.32 Å². The number of halogens is 2. The molecule has 3 aromatic carbocycles. The summed E-state index contributed by atoms with van der Waals surface area (Å²) < 4.78 is 29.4. The second kappa shape index (κ2) is 9.68. The van der Waals surface area contributed by atoms with Crippen LogP contribution in [0.25, 0.3) is 11.1 Å². The average Bonchev–Trinajstić information content (AvgIpc) is 2.71. The molecule has 3 rings (SSSR count). The first-order valence-corrected chi connectivity index (χ1v) is 11.6. The molecule has 6 heteroatoms. The maximum Gasteiger partial charge on any atom is 0.409 e. The van der Waals surface area contributed by atoms with E-state index < -0.39 is 17.7 Å². The van der Waals surface area contributed by atoms with Gasteiger partial charge in [-0.1, -0.05) is 71.9 Å². The monoisotopic (exact) mass is 481 g/mol. The number of phenolic OH excluding ortho intramolecular Hbond substituents is 1. The molecule has 0 aliphatic carbocycles. The number of anilines is 1. The lowest BCUT2D eigenvalue weighted by atomic mass is 9.78.